The number of ether oxygens (including phenoxy) is 2. The molecule has 1 N–H and O–H groups in total. The highest BCUT2D eigenvalue weighted by molar-refractivity contribution is 9.10. The van der Waals surface area contributed by atoms with Gasteiger partial charge in [-0.1, -0.05) is 42.0 Å². The number of hydrogen-bond donors (Lipinski definition) is 1. The maximum atomic E-state index is 12.3. The predicted octanol–water partition coefficient (Wildman–Crippen LogP) is 4.51. The third kappa shape index (κ3) is 6.28. The third-order valence-electron chi connectivity index (χ3n) is 3.96. The van der Waals surface area contributed by atoms with E-state index in [9.17, 15) is 9.59 Å². The van der Waals surface area contributed by atoms with E-state index in [0.29, 0.717) is 27.1 Å². The first-order valence-corrected chi connectivity index (χ1v) is 9.89. The van der Waals surface area contributed by atoms with Gasteiger partial charge in [-0.2, -0.15) is 5.10 Å². The SMILES string of the molecule is Cc1ccc(OCC(=O)N/N=C\c2cccc(OC(=O)c3ccccc3Br)c2)cc1. The molecule has 0 radical (unpaired) electrons. The van der Waals surface area contributed by atoms with E-state index in [2.05, 4.69) is 26.5 Å². The first-order valence-electron chi connectivity index (χ1n) is 9.09. The number of amides is 1. The maximum absolute atomic E-state index is 12.3. The van der Waals surface area contributed by atoms with Crippen LogP contribution < -0.4 is 14.9 Å². The van der Waals surface area contributed by atoms with Crippen LogP contribution in [0.1, 0.15) is 21.5 Å². The van der Waals surface area contributed by atoms with Crippen LogP contribution in [0, 0.1) is 6.92 Å². The third-order valence-corrected chi connectivity index (χ3v) is 4.65. The van der Waals surface area contributed by atoms with Crippen LogP contribution in [-0.4, -0.2) is 24.7 Å². The Hall–Kier alpha value is -3.45. The number of benzene rings is 3. The van der Waals surface area contributed by atoms with E-state index in [1.54, 1.807) is 54.6 Å². The predicted molar refractivity (Wildman–Crippen MR) is 118 cm³/mol. The zero-order chi connectivity index (χ0) is 21.3. The zero-order valence-electron chi connectivity index (χ0n) is 16.2. The van der Waals surface area contributed by atoms with E-state index in [0.717, 1.165) is 5.56 Å². The van der Waals surface area contributed by atoms with Crippen LogP contribution in [0.15, 0.2) is 82.4 Å². The van der Waals surface area contributed by atoms with Gasteiger partial charge in [0.1, 0.15) is 11.5 Å². The van der Waals surface area contributed by atoms with Crippen LogP contribution >= 0.6 is 15.9 Å². The average molecular weight is 467 g/mol. The minimum atomic E-state index is -0.474. The number of rotatable bonds is 7. The van der Waals surface area contributed by atoms with E-state index in [1.807, 2.05) is 25.1 Å². The molecule has 0 aliphatic carbocycles. The Balaban J connectivity index is 1.52. The average Bonchev–Trinajstić information content (AvgIpc) is 2.74. The van der Waals surface area contributed by atoms with Crippen LogP contribution in [0.2, 0.25) is 0 Å². The van der Waals surface area contributed by atoms with Crippen molar-refractivity contribution in [2.45, 2.75) is 6.92 Å². The monoisotopic (exact) mass is 466 g/mol. The second-order valence-corrected chi connectivity index (χ2v) is 7.19. The molecule has 0 heterocycles. The molecule has 0 aliphatic rings. The number of hydrazone groups is 1. The van der Waals surface area contributed by atoms with Crippen LogP contribution in [0.3, 0.4) is 0 Å². The molecule has 7 heteroatoms. The molecule has 3 aromatic carbocycles. The number of esters is 1. The fourth-order valence-corrected chi connectivity index (χ4v) is 2.89. The fourth-order valence-electron chi connectivity index (χ4n) is 2.44. The van der Waals surface area contributed by atoms with Gasteiger partial charge in [-0.05, 0) is 64.8 Å². The van der Waals surface area contributed by atoms with Gasteiger partial charge in [-0.25, -0.2) is 10.2 Å². The Labute approximate surface area is 182 Å². The Morgan fingerprint density at radius 1 is 1.00 bits per heavy atom. The molecule has 152 valence electrons. The van der Waals surface area contributed by atoms with Crippen molar-refractivity contribution in [3.8, 4) is 11.5 Å². The van der Waals surface area contributed by atoms with Crippen LogP contribution in [0.5, 0.6) is 11.5 Å². The lowest BCUT2D eigenvalue weighted by Gasteiger charge is -2.06. The Kier molecular flexibility index (Phi) is 7.34. The lowest BCUT2D eigenvalue weighted by molar-refractivity contribution is -0.123. The highest BCUT2D eigenvalue weighted by atomic mass is 79.9. The molecule has 0 spiro atoms. The second-order valence-electron chi connectivity index (χ2n) is 6.34. The number of nitrogens with zero attached hydrogens (tertiary/aromatic N) is 1. The Bertz CT molecular complexity index is 1060. The van der Waals surface area contributed by atoms with Crippen molar-refractivity contribution in [2.24, 2.45) is 5.10 Å². The second kappa shape index (κ2) is 10.4. The molecule has 0 aromatic heterocycles. The summed E-state index contributed by atoms with van der Waals surface area (Å²) < 4.78 is 11.5. The van der Waals surface area contributed by atoms with Crippen molar-refractivity contribution < 1.29 is 19.1 Å². The molecule has 3 rings (SSSR count). The van der Waals surface area contributed by atoms with Crippen molar-refractivity contribution in [1.29, 1.82) is 0 Å². The van der Waals surface area contributed by atoms with Crippen molar-refractivity contribution in [3.63, 3.8) is 0 Å². The van der Waals surface area contributed by atoms with Gasteiger partial charge in [-0.3, -0.25) is 4.79 Å². The molecule has 0 unspecified atom stereocenters. The topological polar surface area (TPSA) is 77.0 Å². The summed E-state index contributed by atoms with van der Waals surface area (Å²) in [4.78, 5) is 24.2. The Morgan fingerprint density at radius 2 is 1.77 bits per heavy atom. The molecule has 0 saturated heterocycles. The van der Waals surface area contributed by atoms with Crippen LogP contribution in [0.25, 0.3) is 0 Å². The summed E-state index contributed by atoms with van der Waals surface area (Å²) in [6, 6.07) is 21.2. The van der Waals surface area contributed by atoms with Gasteiger partial charge in [0.2, 0.25) is 0 Å². The summed E-state index contributed by atoms with van der Waals surface area (Å²) in [6.45, 7) is 1.83. The Morgan fingerprint density at radius 3 is 2.53 bits per heavy atom. The summed E-state index contributed by atoms with van der Waals surface area (Å²) in [5, 5.41) is 3.91. The largest absolute Gasteiger partial charge is 0.484 e. The fraction of sp³-hybridized carbons (Fsp3) is 0.0870. The number of halogens is 1. The lowest BCUT2D eigenvalue weighted by atomic mass is 10.2. The van der Waals surface area contributed by atoms with E-state index in [-0.39, 0.29) is 12.5 Å². The number of nitrogens with one attached hydrogen (secondary N) is 1. The molecule has 3 aromatic rings. The van der Waals surface area contributed by atoms with Crippen LogP contribution in [-0.2, 0) is 4.79 Å². The molecule has 6 nitrogen and oxygen atoms in total. The highest BCUT2D eigenvalue weighted by Gasteiger charge is 2.11. The van der Waals surface area contributed by atoms with Gasteiger partial charge in [0.15, 0.2) is 6.61 Å². The smallest absolute Gasteiger partial charge is 0.344 e. The molecular weight excluding hydrogens is 448 g/mol. The van der Waals surface area contributed by atoms with E-state index in [1.165, 1.54) is 6.21 Å². The van der Waals surface area contributed by atoms with Crippen molar-refractivity contribution >= 4 is 34.0 Å². The number of carbonyl (C=O) groups is 2. The molecular formula is C23H19BrN2O4. The summed E-state index contributed by atoms with van der Waals surface area (Å²) >= 11 is 3.33. The molecule has 0 atom stereocenters. The van der Waals surface area contributed by atoms with Crippen molar-refractivity contribution in [2.75, 3.05) is 6.61 Å². The van der Waals surface area contributed by atoms with Crippen LogP contribution in [0.4, 0.5) is 0 Å². The normalized spacial score (nSPS) is 10.6. The van der Waals surface area contributed by atoms with Gasteiger partial charge in [0.25, 0.3) is 5.91 Å². The van der Waals surface area contributed by atoms with Gasteiger partial charge < -0.3 is 9.47 Å². The van der Waals surface area contributed by atoms with Crippen molar-refractivity contribution in [3.05, 3.63) is 94.0 Å². The molecule has 0 fully saturated rings. The van der Waals surface area contributed by atoms with Gasteiger partial charge in [-0.15, -0.1) is 0 Å². The van der Waals surface area contributed by atoms with Crippen molar-refractivity contribution in [1.82, 2.24) is 5.43 Å². The first kappa shape index (κ1) is 21.3. The molecule has 0 bridgehead atoms. The maximum Gasteiger partial charge on any atom is 0.344 e. The summed E-state index contributed by atoms with van der Waals surface area (Å²) in [6.07, 6.45) is 1.46. The number of hydrogen-bond acceptors (Lipinski definition) is 5. The molecule has 1 amide bonds. The zero-order valence-corrected chi connectivity index (χ0v) is 17.8. The summed E-state index contributed by atoms with van der Waals surface area (Å²) in [7, 11) is 0. The van der Waals surface area contributed by atoms with Gasteiger partial charge in [0.05, 0.1) is 11.8 Å². The number of aryl methyl sites for hydroxylation is 1. The van der Waals surface area contributed by atoms with E-state index >= 15 is 0 Å². The minimum Gasteiger partial charge on any atom is -0.484 e. The van der Waals surface area contributed by atoms with E-state index < -0.39 is 5.97 Å². The number of carbonyl (C=O) groups excluding carboxylic acids is 2. The molecule has 0 aliphatic heterocycles. The highest BCUT2D eigenvalue weighted by Crippen LogP contribution is 2.19. The van der Waals surface area contributed by atoms with Gasteiger partial charge in [0, 0.05) is 4.47 Å². The quantitative estimate of drug-likeness (QED) is 0.240. The van der Waals surface area contributed by atoms with E-state index in [4.69, 9.17) is 9.47 Å². The molecule has 0 saturated carbocycles. The summed E-state index contributed by atoms with van der Waals surface area (Å²) in [5.41, 5.74) is 4.60. The lowest BCUT2D eigenvalue weighted by Crippen LogP contribution is -2.24. The van der Waals surface area contributed by atoms with Gasteiger partial charge >= 0.3 is 5.97 Å². The minimum absolute atomic E-state index is 0.149. The summed E-state index contributed by atoms with van der Waals surface area (Å²) in [5.74, 6) is 0.120. The standard InChI is InChI=1S/C23H19BrN2O4/c1-16-9-11-18(12-10-16)29-15-22(27)26-25-14-17-5-4-6-19(13-17)30-23(28)20-7-2-3-8-21(20)24/h2-14H,15H2,1H3,(H,26,27)/b25-14-. The first-order chi connectivity index (χ1) is 14.5. The molecule has 30 heavy (non-hydrogen) atoms.